The second-order valence-electron chi connectivity index (χ2n) is 6.32. The molecular formula is C15H22O3. The standard InChI is InChI=1S/C15H22O3/c1-9(14(17)18)11-4-6-15(3)7-5-13(16)10(2)12(15)8-11/h10-12H,1,4-8H2,2-3H3,(H,17,18). The van der Waals surface area contributed by atoms with Gasteiger partial charge in [-0.2, -0.15) is 0 Å². The van der Waals surface area contributed by atoms with Gasteiger partial charge in [0.25, 0.3) is 0 Å². The van der Waals surface area contributed by atoms with E-state index in [0.29, 0.717) is 23.7 Å². The number of carboxylic acid groups (broad SMARTS) is 1. The molecule has 0 spiro atoms. The third-order valence-electron chi connectivity index (χ3n) is 5.32. The Bertz CT molecular complexity index is 399. The smallest absolute Gasteiger partial charge is 0.331 e. The van der Waals surface area contributed by atoms with Crippen LogP contribution in [0.25, 0.3) is 0 Å². The van der Waals surface area contributed by atoms with Crippen LogP contribution in [0.4, 0.5) is 0 Å². The van der Waals surface area contributed by atoms with Crippen molar-refractivity contribution in [2.24, 2.45) is 23.2 Å². The monoisotopic (exact) mass is 250 g/mol. The summed E-state index contributed by atoms with van der Waals surface area (Å²) in [5.74, 6) is -0.0897. The van der Waals surface area contributed by atoms with Crippen LogP contribution in [0.5, 0.6) is 0 Å². The van der Waals surface area contributed by atoms with Crippen LogP contribution in [0.3, 0.4) is 0 Å². The number of carboxylic acids is 1. The molecule has 0 aliphatic heterocycles. The summed E-state index contributed by atoms with van der Waals surface area (Å²) < 4.78 is 0. The number of hydrogen-bond acceptors (Lipinski definition) is 2. The summed E-state index contributed by atoms with van der Waals surface area (Å²) in [6.07, 6.45) is 4.39. The number of ketones is 1. The third kappa shape index (κ3) is 2.11. The number of fused-ring (bicyclic) bond motifs is 1. The normalized spacial score (nSPS) is 40.1. The zero-order valence-electron chi connectivity index (χ0n) is 11.2. The Labute approximate surface area is 108 Å². The lowest BCUT2D eigenvalue weighted by molar-refractivity contribution is -0.135. The Hall–Kier alpha value is -1.12. The second kappa shape index (κ2) is 4.52. The molecule has 3 heteroatoms. The highest BCUT2D eigenvalue weighted by atomic mass is 16.4. The number of rotatable bonds is 2. The van der Waals surface area contributed by atoms with Crippen LogP contribution in [-0.2, 0) is 9.59 Å². The second-order valence-corrected chi connectivity index (χ2v) is 6.32. The molecule has 0 heterocycles. The molecule has 2 aliphatic carbocycles. The molecule has 0 aromatic heterocycles. The summed E-state index contributed by atoms with van der Waals surface area (Å²) in [4.78, 5) is 22.9. The van der Waals surface area contributed by atoms with Gasteiger partial charge < -0.3 is 5.11 Å². The van der Waals surface area contributed by atoms with Crippen LogP contribution in [0.1, 0.15) is 46.0 Å². The van der Waals surface area contributed by atoms with Crippen LogP contribution in [0, 0.1) is 23.2 Å². The summed E-state index contributed by atoms with van der Waals surface area (Å²) >= 11 is 0. The van der Waals surface area contributed by atoms with E-state index in [9.17, 15) is 9.59 Å². The van der Waals surface area contributed by atoms with E-state index in [2.05, 4.69) is 13.5 Å². The summed E-state index contributed by atoms with van der Waals surface area (Å²) in [7, 11) is 0. The first-order chi connectivity index (χ1) is 8.35. The van der Waals surface area contributed by atoms with E-state index in [1.54, 1.807) is 0 Å². The zero-order valence-corrected chi connectivity index (χ0v) is 11.2. The van der Waals surface area contributed by atoms with Crippen LogP contribution in [0.2, 0.25) is 0 Å². The van der Waals surface area contributed by atoms with Gasteiger partial charge in [0.2, 0.25) is 0 Å². The van der Waals surface area contributed by atoms with E-state index in [-0.39, 0.29) is 17.3 Å². The minimum absolute atomic E-state index is 0.0499. The van der Waals surface area contributed by atoms with Gasteiger partial charge >= 0.3 is 5.97 Å². The third-order valence-corrected chi connectivity index (χ3v) is 5.32. The van der Waals surface area contributed by atoms with Crippen molar-refractivity contribution in [3.8, 4) is 0 Å². The van der Waals surface area contributed by atoms with E-state index < -0.39 is 5.97 Å². The minimum atomic E-state index is -0.890. The Morgan fingerprint density at radius 3 is 2.72 bits per heavy atom. The van der Waals surface area contributed by atoms with E-state index in [1.807, 2.05) is 6.92 Å². The molecule has 18 heavy (non-hydrogen) atoms. The van der Waals surface area contributed by atoms with Gasteiger partial charge in [0, 0.05) is 17.9 Å². The number of carbonyl (C=O) groups is 2. The van der Waals surface area contributed by atoms with Crippen molar-refractivity contribution in [3.05, 3.63) is 12.2 Å². The average Bonchev–Trinajstić information content (AvgIpc) is 2.33. The summed E-state index contributed by atoms with van der Waals surface area (Å²) in [5, 5.41) is 9.05. The molecule has 0 bridgehead atoms. The van der Waals surface area contributed by atoms with Gasteiger partial charge in [0.05, 0.1) is 0 Å². The number of aliphatic carboxylic acids is 1. The van der Waals surface area contributed by atoms with Crippen LogP contribution >= 0.6 is 0 Å². The maximum absolute atomic E-state index is 11.9. The fourth-order valence-electron chi connectivity index (χ4n) is 3.87. The predicted octanol–water partition coefficient (Wildman–Crippen LogP) is 3.05. The fraction of sp³-hybridized carbons (Fsp3) is 0.733. The molecule has 100 valence electrons. The maximum Gasteiger partial charge on any atom is 0.331 e. The Morgan fingerprint density at radius 1 is 1.44 bits per heavy atom. The zero-order chi connectivity index (χ0) is 13.5. The highest BCUT2D eigenvalue weighted by molar-refractivity contribution is 5.86. The first kappa shape index (κ1) is 13.3. The van der Waals surface area contributed by atoms with Crippen molar-refractivity contribution in [3.63, 3.8) is 0 Å². The van der Waals surface area contributed by atoms with Gasteiger partial charge in [-0.3, -0.25) is 4.79 Å². The first-order valence-corrected chi connectivity index (χ1v) is 6.80. The first-order valence-electron chi connectivity index (χ1n) is 6.80. The topological polar surface area (TPSA) is 54.4 Å². The molecule has 2 aliphatic rings. The van der Waals surface area contributed by atoms with Crippen molar-refractivity contribution >= 4 is 11.8 Å². The molecule has 0 aromatic carbocycles. The molecular weight excluding hydrogens is 228 g/mol. The summed E-state index contributed by atoms with van der Waals surface area (Å²) in [6.45, 7) is 7.97. The average molecular weight is 250 g/mol. The molecule has 1 N–H and O–H groups in total. The van der Waals surface area contributed by atoms with Gasteiger partial charge in [0.1, 0.15) is 5.78 Å². The van der Waals surface area contributed by atoms with Gasteiger partial charge in [-0.05, 0) is 42.9 Å². The van der Waals surface area contributed by atoms with Crippen molar-refractivity contribution in [2.45, 2.75) is 46.0 Å². The van der Waals surface area contributed by atoms with Crippen LogP contribution < -0.4 is 0 Å². The lowest BCUT2D eigenvalue weighted by Gasteiger charge is -2.50. The Balaban J connectivity index is 2.17. The van der Waals surface area contributed by atoms with Gasteiger partial charge in [-0.1, -0.05) is 20.4 Å². The van der Waals surface area contributed by atoms with Gasteiger partial charge in [-0.15, -0.1) is 0 Å². The largest absolute Gasteiger partial charge is 0.478 e. The highest BCUT2D eigenvalue weighted by Crippen LogP contribution is 2.53. The molecule has 4 atom stereocenters. The number of hydrogen-bond donors (Lipinski definition) is 1. The lowest BCUT2D eigenvalue weighted by Crippen LogP contribution is -2.45. The van der Waals surface area contributed by atoms with E-state index >= 15 is 0 Å². The molecule has 0 amide bonds. The predicted molar refractivity (Wildman–Crippen MR) is 69.1 cm³/mol. The summed E-state index contributed by atoms with van der Waals surface area (Å²) in [5.41, 5.74) is 0.546. The SMILES string of the molecule is C=C(C(=O)O)C1CCC2(C)CCC(=O)C(C)C2C1. The quantitative estimate of drug-likeness (QED) is 0.766. The molecule has 2 rings (SSSR count). The van der Waals surface area contributed by atoms with Crippen molar-refractivity contribution < 1.29 is 14.7 Å². The van der Waals surface area contributed by atoms with Crippen LogP contribution in [-0.4, -0.2) is 16.9 Å². The molecule has 0 saturated heterocycles. The van der Waals surface area contributed by atoms with Gasteiger partial charge in [-0.25, -0.2) is 4.79 Å². The van der Waals surface area contributed by atoms with Crippen molar-refractivity contribution in [2.75, 3.05) is 0 Å². The molecule has 2 fully saturated rings. The van der Waals surface area contributed by atoms with E-state index in [1.165, 1.54) is 0 Å². The molecule has 2 saturated carbocycles. The van der Waals surface area contributed by atoms with Crippen LogP contribution in [0.15, 0.2) is 12.2 Å². The Morgan fingerprint density at radius 2 is 2.11 bits per heavy atom. The summed E-state index contributed by atoms with van der Waals surface area (Å²) in [6, 6.07) is 0. The number of carbonyl (C=O) groups excluding carboxylic acids is 1. The van der Waals surface area contributed by atoms with Gasteiger partial charge in [0.15, 0.2) is 0 Å². The minimum Gasteiger partial charge on any atom is -0.478 e. The molecule has 0 aromatic rings. The number of Topliss-reactive ketones (excluding diaryl/α,β-unsaturated/α-hetero) is 1. The lowest BCUT2D eigenvalue weighted by atomic mass is 9.54. The van der Waals surface area contributed by atoms with Crippen molar-refractivity contribution in [1.82, 2.24) is 0 Å². The maximum atomic E-state index is 11.9. The molecule has 0 radical (unpaired) electrons. The molecule has 4 unspecified atom stereocenters. The highest BCUT2D eigenvalue weighted by Gasteiger charge is 2.47. The fourth-order valence-corrected chi connectivity index (χ4v) is 3.87. The van der Waals surface area contributed by atoms with Crippen molar-refractivity contribution in [1.29, 1.82) is 0 Å². The van der Waals surface area contributed by atoms with E-state index in [0.717, 1.165) is 25.7 Å². The molecule has 3 nitrogen and oxygen atoms in total. The van der Waals surface area contributed by atoms with E-state index in [4.69, 9.17) is 5.11 Å². The Kier molecular flexibility index (Phi) is 3.35.